The second kappa shape index (κ2) is 9.03. The lowest BCUT2D eigenvalue weighted by Crippen LogP contribution is -2.16. The Kier molecular flexibility index (Phi) is 8.00. The Morgan fingerprint density at radius 3 is 2.11 bits per heavy atom. The van der Waals surface area contributed by atoms with E-state index in [0.29, 0.717) is 0 Å². The van der Waals surface area contributed by atoms with Gasteiger partial charge in [-0.1, -0.05) is 0 Å². The van der Waals surface area contributed by atoms with E-state index in [0.717, 1.165) is 12.2 Å². The van der Waals surface area contributed by atoms with Gasteiger partial charge in [0, 0.05) is 12.2 Å². The van der Waals surface area contributed by atoms with Crippen LogP contribution in [0.2, 0.25) is 0 Å². The van der Waals surface area contributed by atoms with Gasteiger partial charge in [-0.3, -0.25) is 0 Å². The van der Waals surface area contributed by atoms with Gasteiger partial charge in [0.15, 0.2) is 0 Å². The van der Waals surface area contributed by atoms with Gasteiger partial charge in [-0.2, -0.15) is 0 Å². The van der Waals surface area contributed by atoms with Crippen LogP contribution in [-0.4, -0.2) is 44.5 Å². The average Bonchev–Trinajstić information content (AvgIpc) is 2.30. The first-order chi connectivity index (χ1) is 8.45. The van der Waals surface area contributed by atoms with E-state index in [2.05, 4.69) is 18.9 Å². The topological polar surface area (TPSA) is 88.1 Å². The molecule has 0 aliphatic heterocycles. The molecule has 0 fully saturated rings. The predicted octanol–water partition coefficient (Wildman–Crippen LogP) is 0.820. The Balaban J connectivity index is 3.66. The minimum Gasteiger partial charge on any atom is -0.466 e. The van der Waals surface area contributed by atoms with Crippen LogP contribution in [0.3, 0.4) is 0 Å². The Morgan fingerprint density at radius 1 is 1.00 bits per heavy atom. The Morgan fingerprint density at radius 2 is 1.56 bits per heavy atom. The predicted molar refractivity (Wildman–Crippen MR) is 59.7 cm³/mol. The maximum Gasteiger partial charge on any atom is 0.508 e. The Hall–Kier alpha value is -2.05. The van der Waals surface area contributed by atoms with Crippen molar-refractivity contribution in [2.75, 3.05) is 20.3 Å². The van der Waals surface area contributed by atoms with Gasteiger partial charge in [-0.05, 0) is 13.8 Å². The summed E-state index contributed by atoms with van der Waals surface area (Å²) in [6, 6.07) is 0. The summed E-state index contributed by atoms with van der Waals surface area (Å²) in [6.45, 7) is 3.11. The summed E-state index contributed by atoms with van der Waals surface area (Å²) >= 11 is 0. The maximum atomic E-state index is 11.0. The monoisotopic (exact) mass is 260 g/mol. The highest BCUT2D eigenvalue weighted by atomic mass is 16.7. The molecule has 0 spiro atoms. The second-order valence-corrected chi connectivity index (χ2v) is 3.29. The van der Waals surface area contributed by atoms with Crippen LogP contribution in [0.15, 0.2) is 12.2 Å². The fraction of sp³-hybridized carbons (Fsp3) is 0.545. The molecule has 0 rings (SSSR count). The summed E-state index contributed by atoms with van der Waals surface area (Å²) in [7, 11) is 1.19. The molecule has 7 nitrogen and oxygen atoms in total. The van der Waals surface area contributed by atoms with E-state index in [-0.39, 0.29) is 19.3 Å². The molecule has 18 heavy (non-hydrogen) atoms. The molecule has 0 N–H and O–H groups in total. The van der Waals surface area contributed by atoms with Crippen molar-refractivity contribution < 1.29 is 33.3 Å². The lowest BCUT2D eigenvalue weighted by Gasteiger charge is -2.08. The molecule has 0 bridgehead atoms. The van der Waals surface area contributed by atoms with E-state index >= 15 is 0 Å². The summed E-state index contributed by atoms with van der Waals surface area (Å²) in [5, 5.41) is 0. The number of rotatable bonds is 6. The molecule has 0 atom stereocenters. The average molecular weight is 260 g/mol. The zero-order chi connectivity index (χ0) is 14.0. The van der Waals surface area contributed by atoms with Crippen molar-refractivity contribution in [2.45, 2.75) is 20.0 Å². The third-order valence-corrected chi connectivity index (χ3v) is 1.44. The quantitative estimate of drug-likeness (QED) is 0.302. The van der Waals surface area contributed by atoms with Crippen LogP contribution < -0.4 is 0 Å². The van der Waals surface area contributed by atoms with E-state index in [9.17, 15) is 14.4 Å². The maximum absolute atomic E-state index is 11.0. The summed E-state index contributed by atoms with van der Waals surface area (Å²) in [5.41, 5.74) is 0. The van der Waals surface area contributed by atoms with Crippen molar-refractivity contribution in [1.29, 1.82) is 0 Å². The molecule has 0 heterocycles. The molecule has 0 aromatic carbocycles. The smallest absolute Gasteiger partial charge is 0.466 e. The molecule has 0 aliphatic carbocycles. The molecule has 0 aromatic heterocycles. The molecule has 0 saturated carbocycles. The number of carbonyl (C=O) groups is 3. The molecule has 0 aromatic rings. The van der Waals surface area contributed by atoms with Crippen LogP contribution in [-0.2, 0) is 28.5 Å². The molecule has 0 amide bonds. The molecule has 0 unspecified atom stereocenters. The van der Waals surface area contributed by atoms with Gasteiger partial charge in [-0.15, -0.1) is 0 Å². The molecule has 0 radical (unpaired) electrons. The van der Waals surface area contributed by atoms with Crippen LogP contribution in [0, 0.1) is 0 Å². The number of methoxy groups -OCH3 is 1. The first kappa shape index (κ1) is 16.0. The molecular formula is C11H16O7. The van der Waals surface area contributed by atoms with Gasteiger partial charge >= 0.3 is 18.1 Å². The van der Waals surface area contributed by atoms with Crippen LogP contribution in [0.5, 0.6) is 0 Å². The SMILES string of the molecule is COC(=O)C=CC(=O)OCCOC(=O)OC(C)C. The van der Waals surface area contributed by atoms with Gasteiger partial charge in [-0.25, -0.2) is 14.4 Å². The van der Waals surface area contributed by atoms with Crippen LogP contribution in [0.25, 0.3) is 0 Å². The minimum atomic E-state index is -0.828. The molecule has 102 valence electrons. The number of esters is 2. The highest BCUT2D eigenvalue weighted by Crippen LogP contribution is 1.93. The second-order valence-electron chi connectivity index (χ2n) is 3.29. The fourth-order valence-electron chi connectivity index (χ4n) is 0.746. The summed E-state index contributed by atoms with van der Waals surface area (Å²) < 4.78 is 18.2. The largest absolute Gasteiger partial charge is 0.508 e. The first-order valence-electron chi connectivity index (χ1n) is 5.22. The normalized spacial score (nSPS) is 10.2. The zero-order valence-corrected chi connectivity index (χ0v) is 10.5. The van der Waals surface area contributed by atoms with Crippen molar-refractivity contribution in [1.82, 2.24) is 0 Å². The minimum absolute atomic E-state index is 0.122. The van der Waals surface area contributed by atoms with Gasteiger partial charge < -0.3 is 18.9 Å². The number of hydrogen-bond acceptors (Lipinski definition) is 7. The summed E-state index contributed by atoms with van der Waals surface area (Å²) in [5.74, 6) is -1.40. The Labute approximate surface area is 105 Å². The van der Waals surface area contributed by atoms with E-state index in [4.69, 9.17) is 0 Å². The molecule has 0 aliphatic rings. The Bertz CT molecular complexity index is 319. The zero-order valence-electron chi connectivity index (χ0n) is 10.5. The van der Waals surface area contributed by atoms with Crippen LogP contribution in [0.1, 0.15) is 13.8 Å². The van der Waals surface area contributed by atoms with Crippen molar-refractivity contribution in [3.63, 3.8) is 0 Å². The summed E-state index contributed by atoms with van der Waals surface area (Å²) in [4.78, 5) is 32.5. The van der Waals surface area contributed by atoms with E-state index < -0.39 is 18.1 Å². The standard InChI is InChI=1S/C11H16O7/c1-8(2)18-11(14)17-7-6-16-10(13)5-4-9(12)15-3/h4-5,8H,6-7H2,1-3H3. The summed E-state index contributed by atoms with van der Waals surface area (Å²) in [6.07, 6.45) is 0.739. The van der Waals surface area contributed by atoms with Gasteiger partial charge in [0.25, 0.3) is 0 Å². The number of carbonyl (C=O) groups excluding carboxylic acids is 3. The highest BCUT2D eigenvalue weighted by molar-refractivity contribution is 5.91. The van der Waals surface area contributed by atoms with Crippen molar-refractivity contribution in [3.8, 4) is 0 Å². The van der Waals surface area contributed by atoms with Gasteiger partial charge in [0.05, 0.1) is 13.2 Å². The van der Waals surface area contributed by atoms with Gasteiger partial charge in [0.2, 0.25) is 0 Å². The van der Waals surface area contributed by atoms with Crippen molar-refractivity contribution >= 4 is 18.1 Å². The van der Waals surface area contributed by atoms with Crippen LogP contribution >= 0.6 is 0 Å². The third kappa shape index (κ3) is 9.20. The molecule has 0 saturated heterocycles. The lowest BCUT2D eigenvalue weighted by atomic mass is 10.5. The van der Waals surface area contributed by atoms with Gasteiger partial charge in [0.1, 0.15) is 13.2 Å². The third-order valence-electron chi connectivity index (χ3n) is 1.44. The lowest BCUT2D eigenvalue weighted by molar-refractivity contribution is -0.140. The number of ether oxygens (including phenoxy) is 4. The van der Waals surface area contributed by atoms with Crippen LogP contribution in [0.4, 0.5) is 4.79 Å². The molecule has 7 heteroatoms. The molecular weight excluding hydrogens is 244 g/mol. The van der Waals surface area contributed by atoms with E-state index in [1.807, 2.05) is 0 Å². The highest BCUT2D eigenvalue weighted by Gasteiger charge is 2.06. The fourth-order valence-corrected chi connectivity index (χ4v) is 0.746. The number of hydrogen-bond donors (Lipinski definition) is 0. The van der Waals surface area contributed by atoms with Crippen molar-refractivity contribution in [2.24, 2.45) is 0 Å². The first-order valence-corrected chi connectivity index (χ1v) is 5.22. The van der Waals surface area contributed by atoms with E-state index in [1.54, 1.807) is 13.8 Å². The van der Waals surface area contributed by atoms with E-state index in [1.165, 1.54) is 7.11 Å². The van der Waals surface area contributed by atoms with Crippen molar-refractivity contribution in [3.05, 3.63) is 12.2 Å².